The molecule has 0 bridgehead atoms. The molecule has 5 heteroatoms. The number of anilines is 1. The van der Waals surface area contributed by atoms with Crippen molar-refractivity contribution < 1.29 is 9.90 Å². The highest BCUT2D eigenvalue weighted by molar-refractivity contribution is 6.35. The van der Waals surface area contributed by atoms with Crippen LogP contribution in [0.3, 0.4) is 0 Å². The predicted molar refractivity (Wildman–Crippen MR) is 98.2 cm³/mol. The smallest absolute Gasteiger partial charge is 0.340 e. The van der Waals surface area contributed by atoms with Gasteiger partial charge in [0.05, 0.1) is 10.5 Å². The Morgan fingerprint density at radius 1 is 1.17 bits per heavy atom. The highest BCUT2D eigenvalue weighted by atomic mass is 35.5. The Balaban J connectivity index is 2.57. The second kappa shape index (κ2) is 6.13. The molecule has 1 heterocycles. The number of aromatic carboxylic acids is 1. The van der Waals surface area contributed by atoms with E-state index < -0.39 is 5.97 Å². The number of carboxylic acids is 1. The van der Waals surface area contributed by atoms with Crippen LogP contribution in [0.1, 0.15) is 15.9 Å². The predicted octanol–water partition coefficient (Wildman–Crippen LogP) is 4.63. The van der Waals surface area contributed by atoms with Crippen LogP contribution in [0, 0.1) is 6.92 Å². The third-order valence-corrected chi connectivity index (χ3v) is 4.16. The van der Waals surface area contributed by atoms with Gasteiger partial charge in [-0.3, -0.25) is 0 Å². The summed E-state index contributed by atoms with van der Waals surface area (Å²) in [7, 11) is 3.55. The minimum atomic E-state index is -1.01. The molecular weight excluding hydrogens is 324 g/mol. The van der Waals surface area contributed by atoms with Crippen LogP contribution in [0.5, 0.6) is 0 Å². The quantitative estimate of drug-likeness (QED) is 0.755. The zero-order valence-corrected chi connectivity index (χ0v) is 14.4. The Labute approximate surface area is 145 Å². The Morgan fingerprint density at radius 2 is 1.83 bits per heavy atom. The summed E-state index contributed by atoms with van der Waals surface area (Å²) < 4.78 is 0. The summed E-state index contributed by atoms with van der Waals surface area (Å²) in [6.07, 6.45) is 0. The molecular formula is C19H17ClN2O2. The lowest BCUT2D eigenvalue weighted by Crippen LogP contribution is -2.17. The van der Waals surface area contributed by atoms with Crippen molar-refractivity contribution in [1.82, 2.24) is 4.98 Å². The Morgan fingerprint density at radius 3 is 2.42 bits per heavy atom. The number of hydrogen-bond acceptors (Lipinski definition) is 3. The molecule has 3 aromatic rings. The van der Waals surface area contributed by atoms with Crippen molar-refractivity contribution in [2.45, 2.75) is 6.92 Å². The van der Waals surface area contributed by atoms with E-state index in [9.17, 15) is 9.90 Å². The van der Waals surface area contributed by atoms with Gasteiger partial charge in [0.25, 0.3) is 0 Å². The summed E-state index contributed by atoms with van der Waals surface area (Å²) in [6, 6.07) is 13.3. The number of nitrogens with zero attached hydrogens (tertiary/aromatic N) is 2. The molecule has 1 aromatic heterocycles. The number of fused-ring (bicyclic) bond motifs is 1. The number of carboxylic acid groups (broad SMARTS) is 1. The summed E-state index contributed by atoms with van der Waals surface area (Å²) in [4.78, 5) is 18.3. The van der Waals surface area contributed by atoms with Crippen LogP contribution in [0.2, 0.25) is 5.02 Å². The number of rotatable bonds is 3. The van der Waals surface area contributed by atoms with Crippen LogP contribution in [0.15, 0.2) is 42.5 Å². The molecule has 0 aliphatic rings. The van der Waals surface area contributed by atoms with Gasteiger partial charge in [0.2, 0.25) is 0 Å². The van der Waals surface area contributed by atoms with Crippen LogP contribution < -0.4 is 4.90 Å². The number of halogens is 1. The number of hydrogen-bond donors (Lipinski definition) is 1. The fraction of sp³-hybridized carbons (Fsp3) is 0.158. The molecule has 1 N–H and O–H groups in total. The average molecular weight is 341 g/mol. The first kappa shape index (κ1) is 16.3. The van der Waals surface area contributed by atoms with E-state index in [4.69, 9.17) is 11.6 Å². The number of carbonyl (C=O) groups is 1. The molecule has 0 atom stereocenters. The van der Waals surface area contributed by atoms with Gasteiger partial charge in [-0.1, -0.05) is 41.9 Å². The molecule has 24 heavy (non-hydrogen) atoms. The van der Waals surface area contributed by atoms with Gasteiger partial charge in [-0.2, -0.15) is 0 Å². The van der Waals surface area contributed by atoms with E-state index in [-0.39, 0.29) is 5.56 Å². The van der Waals surface area contributed by atoms with E-state index >= 15 is 0 Å². The second-order valence-electron chi connectivity index (χ2n) is 5.89. The molecule has 3 rings (SSSR count). The van der Waals surface area contributed by atoms with Crippen LogP contribution in [-0.2, 0) is 0 Å². The van der Waals surface area contributed by atoms with E-state index in [2.05, 4.69) is 4.98 Å². The lowest BCUT2D eigenvalue weighted by atomic mass is 9.94. The summed E-state index contributed by atoms with van der Waals surface area (Å²) in [5.74, 6) is -0.621. The van der Waals surface area contributed by atoms with Gasteiger partial charge in [-0.15, -0.1) is 0 Å². The van der Waals surface area contributed by atoms with Gasteiger partial charge in [0, 0.05) is 25.0 Å². The Bertz CT molecular complexity index is 937. The fourth-order valence-corrected chi connectivity index (χ4v) is 3.19. The largest absolute Gasteiger partial charge is 0.478 e. The molecule has 0 radical (unpaired) electrons. The standard InChI is InChI=1S/C19H17ClN2O2/c1-11-9-13-15(12-7-5-4-6-8-12)16(19(23)24)18(22(2)3)21-17(13)14(20)10-11/h4-10H,1-3H3,(H,23,24). The molecule has 2 aromatic carbocycles. The molecule has 0 spiro atoms. The lowest BCUT2D eigenvalue weighted by Gasteiger charge is -2.20. The third-order valence-electron chi connectivity index (χ3n) is 3.87. The van der Waals surface area contributed by atoms with Gasteiger partial charge in [0.1, 0.15) is 11.4 Å². The van der Waals surface area contributed by atoms with Crippen LogP contribution in [0.25, 0.3) is 22.0 Å². The SMILES string of the molecule is Cc1cc(Cl)c2nc(N(C)C)c(C(=O)O)c(-c3ccccc3)c2c1. The van der Waals surface area contributed by atoms with Crippen LogP contribution >= 0.6 is 11.6 Å². The van der Waals surface area contributed by atoms with Crippen LogP contribution in [-0.4, -0.2) is 30.2 Å². The minimum absolute atomic E-state index is 0.181. The lowest BCUT2D eigenvalue weighted by molar-refractivity contribution is 0.0698. The van der Waals surface area contributed by atoms with Crippen molar-refractivity contribution in [3.8, 4) is 11.1 Å². The molecule has 0 saturated carbocycles. The van der Waals surface area contributed by atoms with E-state index in [1.807, 2.05) is 49.4 Å². The Hall–Kier alpha value is -2.59. The molecule has 122 valence electrons. The van der Waals surface area contributed by atoms with Crippen molar-refractivity contribution in [2.24, 2.45) is 0 Å². The highest BCUT2D eigenvalue weighted by Gasteiger charge is 2.24. The molecule has 4 nitrogen and oxygen atoms in total. The van der Waals surface area contributed by atoms with Crippen molar-refractivity contribution in [3.63, 3.8) is 0 Å². The molecule has 0 saturated heterocycles. The van der Waals surface area contributed by atoms with Gasteiger partial charge < -0.3 is 10.0 Å². The maximum atomic E-state index is 12.0. The van der Waals surface area contributed by atoms with E-state index in [0.717, 1.165) is 16.5 Å². The van der Waals surface area contributed by atoms with Gasteiger partial charge in [-0.05, 0) is 30.2 Å². The van der Waals surface area contributed by atoms with Crippen molar-refractivity contribution in [3.05, 3.63) is 58.6 Å². The van der Waals surface area contributed by atoms with E-state index in [1.54, 1.807) is 19.0 Å². The first-order chi connectivity index (χ1) is 11.4. The summed E-state index contributed by atoms with van der Waals surface area (Å²) in [6.45, 7) is 1.93. The molecule has 0 aliphatic heterocycles. The number of aromatic nitrogens is 1. The number of benzene rings is 2. The zero-order valence-electron chi connectivity index (χ0n) is 13.7. The Kier molecular flexibility index (Phi) is 4.16. The second-order valence-corrected chi connectivity index (χ2v) is 6.30. The summed E-state index contributed by atoms with van der Waals surface area (Å²) in [5.41, 5.74) is 3.21. The summed E-state index contributed by atoms with van der Waals surface area (Å²) >= 11 is 6.40. The first-order valence-corrected chi connectivity index (χ1v) is 7.88. The van der Waals surface area contributed by atoms with E-state index in [0.29, 0.717) is 21.9 Å². The normalized spacial score (nSPS) is 10.8. The number of pyridine rings is 1. The zero-order chi connectivity index (χ0) is 17.4. The average Bonchev–Trinajstić information content (AvgIpc) is 2.53. The monoisotopic (exact) mass is 340 g/mol. The maximum absolute atomic E-state index is 12.0. The topological polar surface area (TPSA) is 53.4 Å². The third kappa shape index (κ3) is 2.69. The summed E-state index contributed by atoms with van der Waals surface area (Å²) in [5, 5.41) is 11.1. The molecule has 0 unspecified atom stereocenters. The van der Waals surface area contributed by atoms with Gasteiger partial charge in [0.15, 0.2) is 0 Å². The molecule has 0 amide bonds. The molecule has 0 aliphatic carbocycles. The van der Waals surface area contributed by atoms with Crippen LogP contribution in [0.4, 0.5) is 5.82 Å². The van der Waals surface area contributed by atoms with Crippen molar-refractivity contribution in [1.29, 1.82) is 0 Å². The fourth-order valence-electron chi connectivity index (χ4n) is 2.88. The maximum Gasteiger partial charge on any atom is 0.340 e. The molecule has 0 fully saturated rings. The highest BCUT2D eigenvalue weighted by Crippen LogP contribution is 2.38. The van der Waals surface area contributed by atoms with Crippen molar-refractivity contribution >= 4 is 34.3 Å². The van der Waals surface area contributed by atoms with Crippen molar-refractivity contribution in [2.75, 3.05) is 19.0 Å². The van der Waals surface area contributed by atoms with Gasteiger partial charge in [-0.25, -0.2) is 9.78 Å². The van der Waals surface area contributed by atoms with E-state index in [1.165, 1.54) is 0 Å². The first-order valence-electron chi connectivity index (χ1n) is 7.50. The number of aryl methyl sites for hydroxylation is 1. The van der Waals surface area contributed by atoms with Gasteiger partial charge >= 0.3 is 5.97 Å². The minimum Gasteiger partial charge on any atom is -0.478 e.